The van der Waals surface area contributed by atoms with Crippen molar-refractivity contribution in [1.82, 2.24) is 9.88 Å². The van der Waals surface area contributed by atoms with Crippen molar-refractivity contribution in [2.75, 3.05) is 11.5 Å². The summed E-state index contributed by atoms with van der Waals surface area (Å²) >= 11 is 0. The number of rotatable bonds is 7. The number of nitrogens with zero attached hydrogens (tertiary/aromatic N) is 2. The summed E-state index contributed by atoms with van der Waals surface area (Å²) in [5.74, 6) is -4.60. The largest absolute Gasteiger partial charge is 0.480 e. The first-order chi connectivity index (χ1) is 19.3. The Labute approximate surface area is 232 Å². The fourth-order valence-corrected chi connectivity index (χ4v) is 7.03. The van der Waals surface area contributed by atoms with Gasteiger partial charge in [0.25, 0.3) is 0 Å². The molecule has 0 radical (unpaired) electrons. The number of aryl methyl sites for hydroxylation is 3. The lowest BCUT2D eigenvalue weighted by Crippen LogP contribution is -2.58. The van der Waals surface area contributed by atoms with Crippen LogP contribution in [0.1, 0.15) is 43.5 Å². The number of fused-ring (bicyclic) bond motifs is 4. The number of carboxylic acid groups (broad SMARTS) is 1. The van der Waals surface area contributed by atoms with Gasteiger partial charge in [-0.05, 0) is 54.7 Å². The summed E-state index contributed by atoms with van der Waals surface area (Å²) in [7, 11) is 0. The smallest absolute Gasteiger partial charge is 0.327 e. The topological polar surface area (TPSA) is 112 Å². The minimum atomic E-state index is -1.99. The van der Waals surface area contributed by atoms with Crippen molar-refractivity contribution in [1.29, 1.82) is 0 Å². The second kappa shape index (κ2) is 9.57. The zero-order valence-electron chi connectivity index (χ0n) is 22.8. The van der Waals surface area contributed by atoms with E-state index in [4.69, 9.17) is 0 Å². The highest BCUT2D eigenvalue weighted by Gasteiger charge is 2.69. The Balaban J connectivity index is 1.54. The van der Waals surface area contributed by atoms with Crippen LogP contribution in [-0.4, -0.2) is 44.7 Å². The fraction of sp³-hybridized carbons (Fsp3) is 0.344. The molecule has 40 heavy (non-hydrogen) atoms. The normalized spacial score (nSPS) is 24.4. The number of hydrogen-bond acceptors (Lipinski definition) is 5. The molecule has 1 aromatic heterocycles. The van der Waals surface area contributed by atoms with Crippen molar-refractivity contribution in [3.8, 4) is 0 Å². The quantitative estimate of drug-likeness (QED) is 0.304. The number of aliphatic hydroxyl groups excluding tert-OH is 1. The number of hydrogen-bond donors (Lipinski definition) is 3. The van der Waals surface area contributed by atoms with Crippen molar-refractivity contribution in [3.63, 3.8) is 0 Å². The molecule has 0 bridgehead atoms. The molecule has 6 rings (SSSR count). The Morgan fingerprint density at radius 2 is 1.57 bits per heavy atom. The maximum absolute atomic E-state index is 14.3. The number of carbonyl (C=O) groups excluding carboxylic acids is 2. The Morgan fingerprint density at radius 3 is 2.20 bits per heavy atom. The van der Waals surface area contributed by atoms with Crippen LogP contribution in [0.25, 0.3) is 21.8 Å². The van der Waals surface area contributed by atoms with Gasteiger partial charge in [-0.2, -0.15) is 0 Å². The van der Waals surface area contributed by atoms with Gasteiger partial charge in [0, 0.05) is 34.4 Å². The van der Waals surface area contributed by atoms with E-state index in [-0.39, 0.29) is 0 Å². The van der Waals surface area contributed by atoms with Gasteiger partial charge in [0.1, 0.15) is 0 Å². The van der Waals surface area contributed by atoms with E-state index >= 15 is 0 Å². The van der Waals surface area contributed by atoms with Crippen LogP contribution in [0.3, 0.4) is 0 Å². The monoisotopic (exact) mass is 539 g/mol. The van der Waals surface area contributed by atoms with E-state index in [9.17, 15) is 24.6 Å². The summed E-state index contributed by atoms with van der Waals surface area (Å²) in [6, 6.07) is 18.9. The van der Waals surface area contributed by atoms with Gasteiger partial charge < -0.3 is 14.8 Å². The number of benzene rings is 3. The number of aromatic nitrogens is 1. The first-order valence-corrected chi connectivity index (χ1v) is 13.9. The van der Waals surface area contributed by atoms with Gasteiger partial charge in [0.2, 0.25) is 11.8 Å². The van der Waals surface area contributed by atoms with Gasteiger partial charge in [0.15, 0.2) is 5.54 Å². The summed E-state index contributed by atoms with van der Waals surface area (Å²) in [6.07, 6.45) is 1.22. The lowest BCUT2D eigenvalue weighted by molar-refractivity contribution is -0.150. The molecule has 206 valence electrons. The zero-order valence-corrected chi connectivity index (χ0v) is 22.8. The molecule has 4 aromatic rings. The van der Waals surface area contributed by atoms with Gasteiger partial charge in [0.05, 0.1) is 24.1 Å². The highest BCUT2D eigenvalue weighted by molar-refractivity contribution is 6.25. The summed E-state index contributed by atoms with van der Waals surface area (Å²) < 4.78 is 2.22. The average Bonchev–Trinajstić information content (AvgIpc) is 3.58. The molecule has 2 fully saturated rings. The highest BCUT2D eigenvalue weighted by Crippen LogP contribution is 2.51. The van der Waals surface area contributed by atoms with Crippen LogP contribution in [0.2, 0.25) is 0 Å². The molecule has 2 amide bonds. The van der Waals surface area contributed by atoms with Crippen molar-refractivity contribution in [2.24, 2.45) is 11.8 Å². The predicted octanol–water partition coefficient (Wildman–Crippen LogP) is 4.21. The summed E-state index contributed by atoms with van der Waals surface area (Å²) in [4.78, 5) is 42.3. The fourth-order valence-electron chi connectivity index (χ4n) is 7.03. The van der Waals surface area contributed by atoms with Gasteiger partial charge in [-0.3, -0.25) is 19.7 Å². The lowest BCUT2D eigenvalue weighted by atomic mass is 9.79. The Hall–Kier alpha value is -4.01. The molecule has 2 aliphatic rings. The maximum atomic E-state index is 14.3. The Kier molecular flexibility index (Phi) is 6.27. The molecule has 0 spiro atoms. The van der Waals surface area contributed by atoms with Crippen LogP contribution in [0.4, 0.5) is 5.69 Å². The van der Waals surface area contributed by atoms with Crippen molar-refractivity contribution < 1.29 is 24.6 Å². The molecule has 0 saturated carbocycles. The number of para-hydroxylation sites is 2. The first-order valence-electron chi connectivity index (χ1n) is 13.9. The molecule has 8 heteroatoms. The average molecular weight is 540 g/mol. The third kappa shape index (κ3) is 3.42. The molecular weight excluding hydrogens is 506 g/mol. The molecule has 3 N–H and O–H groups in total. The number of carboxylic acids is 1. The maximum Gasteiger partial charge on any atom is 0.327 e. The van der Waals surface area contributed by atoms with Gasteiger partial charge in [-0.1, -0.05) is 56.3 Å². The molecule has 2 saturated heterocycles. The molecule has 4 atom stereocenters. The van der Waals surface area contributed by atoms with E-state index in [1.807, 2.05) is 68.4 Å². The van der Waals surface area contributed by atoms with Crippen molar-refractivity contribution >= 4 is 45.3 Å². The minimum absolute atomic E-state index is 0.434. The second-order valence-electron chi connectivity index (χ2n) is 10.7. The van der Waals surface area contributed by atoms with E-state index in [0.717, 1.165) is 39.5 Å². The number of amides is 2. The van der Waals surface area contributed by atoms with Crippen molar-refractivity contribution in [3.05, 3.63) is 77.4 Å². The van der Waals surface area contributed by atoms with E-state index in [1.165, 1.54) is 4.90 Å². The number of anilines is 1. The number of imide groups is 1. The van der Waals surface area contributed by atoms with E-state index in [2.05, 4.69) is 22.9 Å². The number of aliphatic carboxylic acids is 1. The summed E-state index contributed by atoms with van der Waals surface area (Å²) in [5, 5.41) is 26.0. The molecule has 4 unspecified atom stereocenters. The van der Waals surface area contributed by atoms with Crippen molar-refractivity contribution in [2.45, 2.75) is 51.7 Å². The molecular formula is C32H33N3O5. The van der Waals surface area contributed by atoms with Gasteiger partial charge in [-0.25, -0.2) is 4.90 Å². The van der Waals surface area contributed by atoms with Gasteiger partial charge in [-0.15, -0.1) is 0 Å². The van der Waals surface area contributed by atoms with E-state index < -0.39 is 47.8 Å². The van der Waals surface area contributed by atoms with E-state index in [1.54, 1.807) is 0 Å². The standard InChI is InChI=1S/C32H33N3O5/c1-4-18-10-9-11-19(5-2)28(18)35-29(37)25-26(30(35)38)32(17-36,31(39)40)33-27(25)20-14-15-24-22(16-20)21-12-7-8-13-23(21)34(24)6-3/h7-16,25-27,33,36H,4-6,17H2,1-3H3,(H,39,40). The van der Waals surface area contributed by atoms with Crippen LogP contribution in [-0.2, 0) is 33.8 Å². The Bertz CT molecular complexity index is 1670. The SMILES string of the molecule is CCc1cccc(CC)c1N1C(=O)C2C(c3ccc4c(c3)c3ccccc3n4CC)NC(CO)(C(=O)O)C2C1=O. The molecule has 3 heterocycles. The first kappa shape index (κ1) is 26.2. The molecule has 3 aromatic carbocycles. The Morgan fingerprint density at radius 1 is 0.900 bits per heavy atom. The summed E-state index contributed by atoms with van der Waals surface area (Å²) in [5.41, 5.74) is 3.10. The van der Waals surface area contributed by atoms with Crippen LogP contribution in [0, 0.1) is 11.8 Å². The molecule has 0 aliphatic carbocycles. The minimum Gasteiger partial charge on any atom is -0.480 e. The van der Waals surface area contributed by atoms with Crippen LogP contribution in [0.15, 0.2) is 60.7 Å². The van der Waals surface area contributed by atoms with Gasteiger partial charge >= 0.3 is 5.97 Å². The number of aliphatic hydroxyl groups is 1. The third-order valence-corrected chi connectivity index (χ3v) is 8.95. The second-order valence-corrected chi connectivity index (χ2v) is 10.7. The highest BCUT2D eigenvalue weighted by atomic mass is 16.4. The van der Waals surface area contributed by atoms with Crippen LogP contribution in [0.5, 0.6) is 0 Å². The van der Waals surface area contributed by atoms with E-state index in [0.29, 0.717) is 24.1 Å². The third-order valence-electron chi connectivity index (χ3n) is 8.95. The molecule has 2 aliphatic heterocycles. The van der Waals surface area contributed by atoms with Crippen LogP contribution >= 0.6 is 0 Å². The summed E-state index contributed by atoms with van der Waals surface area (Å²) in [6.45, 7) is 5.97. The number of carbonyl (C=O) groups is 3. The lowest BCUT2D eigenvalue weighted by Gasteiger charge is -2.30. The predicted molar refractivity (Wildman–Crippen MR) is 153 cm³/mol. The number of nitrogens with one attached hydrogen (secondary N) is 1. The molecule has 8 nitrogen and oxygen atoms in total. The zero-order chi connectivity index (χ0) is 28.3. The van der Waals surface area contributed by atoms with Crippen LogP contribution < -0.4 is 10.2 Å².